The molecule has 1 saturated carbocycles. The minimum Gasteiger partial charge on any atom is -0.297 e. The molecule has 0 amide bonds. The minimum absolute atomic E-state index is 0.00914. The molecule has 0 aliphatic heterocycles. The average molecular weight is 322 g/mol. The molecule has 1 aromatic heterocycles. The molecule has 2 aromatic rings. The molecule has 0 bridgehead atoms. The maximum Gasteiger partial charge on any atom is 0.257 e. The van der Waals surface area contributed by atoms with Gasteiger partial charge in [0.2, 0.25) is 0 Å². The van der Waals surface area contributed by atoms with Gasteiger partial charge >= 0.3 is 0 Å². The first-order chi connectivity index (χ1) is 11.7. The number of benzene rings is 1. The molecule has 0 N–H and O–H groups in total. The van der Waals surface area contributed by atoms with Crippen LogP contribution < -0.4 is 5.56 Å². The molecule has 126 valence electrons. The van der Waals surface area contributed by atoms with Crippen molar-refractivity contribution in [3.8, 4) is 11.3 Å². The molecule has 24 heavy (non-hydrogen) atoms. The van der Waals surface area contributed by atoms with Crippen LogP contribution in [0.5, 0.6) is 0 Å². The van der Waals surface area contributed by atoms with Crippen molar-refractivity contribution in [1.82, 2.24) is 9.55 Å². The van der Waals surface area contributed by atoms with E-state index in [0.29, 0.717) is 6.54 Å². The lowest BCUT2D eigenvalue weighted by molar-refractivity contribution is 0.283. The number of hydrogen-bond donors (Lipinski definition) is 0. The molecule has 3 heteroatoms. The Morgan fingerprint density at radius 2 is 1.88 bits per heavy atom. The first kappa shape index (κ1) is 15.6. The largest absolute Gasteiger partial charge is 0.297 e. The van der Waals surface area contributed by atoms with Crippen LogP contribution in [0, 0.1) is 0 Å². The molecule has 2 aliphatic carbocycles. The summed E-state index contributed by atoms with van der Waals surface area (Å²) < 4.78 is 1.91. The number of fused-ring (bicyclic) bond motifs is 4. The molecule has 3 nitrogen and oxygen atoms in total. The van der Waals surface area contributed by atoms with E-state index < -0.39 is 0 Å². The van der Waals surface area contributed by atoms with Crippen LogP contribution >= 0.6 is 0 Å². The van der Waals surface area contributed by atoms with E-state index in [1.54, 1.807) is 0 Å². The van der Waals surface area contributed by atoms with Crippen molar-refractivity contribution in [2.24, 2.45) is 0 Å². The van der Waals surface area contributed by atoms with Gasteiger partial charge in [0, 0.05) is 23.9 Å². The molecule has 0 radical (unpaired) electrons. The van der Waals surface area contributed by atoms with E-state index in [1.165, 1.54) is 30.4 Å². The van der Waals surface area contributed by atoms with Crippen LogP contribution in [-0.4, -0.2) is 9.55 Å². The molecule has 1 heterocycles. The van der Waals surface area contributed by atoms with E-state index in [0.717, 1.165) is 42.8 Å². The van der Waals surface area contributed by atoms with Crippen molar-refractivity contribution in [3.63, 3.8) is 0 Å². The highest BCUT2D eigenvalue weighted by molar-refractivity contribution is 5.71. The topological polar surface area (TPSA) is 34.9 Å². The Bertz CT molecular complexity index is 828. The van der Waals surface area contributed by atoms with Crippen molar-refractivity contribution in [2.45, 2.75) is 70.8 Å². The van der Waals surface area contributed by atoms with Crippen LogP contribution in [-0.2, 0) is 24.8 Å². The molecule has 2 aliphatic rings. The third-order valence-corrected chi connectivity index (χ3v) is 6.02. The molecule has 0 unspecified atom stereocenters. The standard InChI is InChI=1S/C21H26N2O/c1-3-17-22-19-16-11-7-6-10-15(16)14-21(12-8-5-9-13-21)18(19)20(24)23(17)4-2/h6-7,10-11H,3-5,8-9,12-14H2,1-2H3. The summed E-state index contributed by atoms with van der Waals surface area (Å²) in [5.41, 5.74) is 4.77. The molecule has 0 saturated heterocycles. The zero-order valence-corrected chi connectivity index (χ0v) is 14.8. The van der Waals surface area contributed by atoms with Gasteiger partial charge in [0.25, 0.3) is 5.56 Å². The molecule has 4 rings (SSSR count). The molecular formula is C21H26N2O. The van der Waals surface area contributed by atoms with Crippen molar-refractivity contribution < 1.29 is 0 Å². The van der Waals surface area contributed by atoms with Gasteiger partial charge in [-0.2, -0.15) is 0 Å². The summed E-state index contributed by atoms with van der Waals surface area (Å²) in [5.74, 6) is 0.920. The fourth-order valence-corrected chi connectivity index (χ4v) is 4.88. The zero-order chi connectivity index (χ0) is 16.7. The summed E-state index contributed by atoms with van der Waals surface area (Å²) in [7, 11) is 0. The van der Waals surface area contributed by atoms with E-state index in [9.17, 15) is 4.79 Å². The Hall–Kier alpha value is -1.90. The molecule has 1 aromatic carbocycles. The quantitative estimate of drug-likeness (QED) is 0.828. The van der Waals surface area contributed by atoms with Gasteiger partial charge in [0.1, 0.15) is 5.82 Å². The van der Waals surface area contributed by atoms with Gasteiger partial charge in [-0.25, -0.2) is 4.98 Å². The van der Waals surface area contributed by atoms with Gasteiger partial charge < -0.3 is 0 Å². The van der Waals surface area contributed by atoms with Crippen LogP contribution in [0.3, 0.4) is 0 Å². The Morgan fingerprint density at radius 1 is 1.12 bits per heavy atom. The molecular weight excluding hydrogens is 296 g/mol. The maximum atomic E-state index is 13.4. The predicted molar refractivity (Wildman–Crippen MR) is 97.5 cm³/mol. The Labute approximate surface area is 143 Å². The van der Waals surface area contributed by atoms with Gasteiger partial charge in [-0.1, -0.05) is 50.5 Å². The van der Waals surface area contributed by atoms with Gasteiger partial charge in [0.15, 0.2) is 0 Å². The second kappa shape index (κ2) is 5.87. The van der Waals surface area contributed by atoms with Gasteiger partial charge in [-0.05, 0) is 31.7 Å². The maximum absolute atomic E-state index is 13.4. The lowest BCUT2D eigenvalue weighted by Gasteiger charge is -2.42. The van der Waals surface area contributed by atoms with E-state index >= 15 is 0 Å². The summed E-state index contributed by atoms with van der Waals surface area (Å²) in [6.45, 7) is 4.85. The predicted octanol–water partition coefficient (Wildman–Crippen LogP) is 4.25. The van der Waals surface area contributed by atoms with Gasteiger partial charge in [0.05, 0.1) is 11.3 Å². The van der Waals surface area contributed by atoms with Crippen molar-refractivity contribution in [1.29, 1.82) is 0 Å². The van der Waals surface area contributed by atoms with Crippen molar-refractivity contribution in [3.05, 3.63) is 51.6 Å². The Kier molecular flexibility index (Phi) is 3.82. The van der Waals surface area contributed by atoms with Crippen LogP contribution in [0.1, 0.15) is 62.9 Å². The smallest absolute Gasteiger partial charge is 0.257 e. The van der Waals surface area contributed by atoms with Crippen LogP contribution in [0.4, 0.5) is 0 Å². The van der Waals surface area contributed by atoms with Crippen LogP contribution in [0.15, 0.2) is 29.1 Å². The SMILES string of the molecule is CCc1nc2c(c(=O)n1CC)C1(CCCCC1)Cc1ccccc1-2. The first-order valence-corrected chi connectivity index (χ1v) is 9.42. The van der Waals surface area contributed by atoms with E-state index in [2.05, 4.69) is 38.1 Å². The second-order valence-corrected chi connectivity index (χ2v) is 7.33. The third kappa shape index (κ3) is 2.17. The normalized spacial score (nSPS) is 18.2. The zero-order valence-electron chi connectivity index (χ0n) is 14.8. The summed E-state index contributed by atoms with van der Waals surface area (Å²) in [6, 6.07) is 8.56. The Morgan fingerprint density at radius 3 is 2.58 bits per heavy atom. The second-order valence-electron chi connectivity index (χ2n) is 7.33. The fourth-order valence-electron chi connectivity index (χ4n) is 4.88. The number of rotatable bonds is 2. The van der Waals surface area contributed by atoms with Gasteiger partial charge in [-0.3, -0.25) is 9.36 Å². The van der Waals surface area contributed by atoms with E-state index in [4.69, 9.17) is 4.98 Å². The summed E-state index contributed by atoms with van der Waals surface area (Å²) in [5, 5.41) is 0. The summed E-state index contributed by atoms with van der Waals surface area (Å²) in [4.78, 5) is 18.4. The molecule has 1 spiro atoms. The third-order valence-electron chi connectivity index (χ3n) is 6.02. The summed E-state index contributed by atoms with van der Waals surface area (Å²) >= 11 is 0. The Balaban J connectivity index is 2.06. The number of nitrogens with zero attached hydrogens (tertiary/aromatic N) is 2. The van der Waals surface area contributed by atoms with E-state index in [-0.39, 0.29) is 11.0 Å². The highest BCUT2D eigenvalue weighted by atomic mass is 16.1. The van der Waals surface area contributed by atoms with E-state index in [1.807, 2.05) is 4.57 Å². The highest BCUT2D eigenvalue weighted by Gasteiger charge is 2.43. The highest BCUT2D eigenvalue weighted by Crippen LogP contribution is 2.48. The van der Waals surface area contributed by atoms with Crippen molar-refractivity contribution in [2.75, 3.05) is 0 Å². The minimum atomic E-state index is 0.00914. The monoisotopic (exact) mass is 322 g/mol. The van der Waals surface area contributed by atoms with Crippen LogP contribution in [0.25, 0.3) is 11.3 Å². The lowest BCUT2D eigenvalue weighted by atomic mass is 9.62. The molecule has 0 atom stereocenters. The average Bonchev–Trinajstić information content (AvgIpc) is 2.61. The number of hydrogen-bond acceptors (Lipinski definition) is 2. The first-order valence-electron chi connectivity index (χ1n) is 9.42. The number of aryl methyl sites for hydroxylation is 1. The van der Waals surface area contributed by atoms with Crippen molar-refractivity contribution >= 4 is 0 Å². The van der Waals surface area contributed by atoms with Crippen LogP contribution in [0.2, 0.25) is 0 Å². The number of aromatic nitrogens is 2. The fraction of sp³-hybridized carbons (Fsp3) is 0.524. The summed E-state index contributed by atoms with van der Waals surface area (Å²) in [6.07, 6.45) is 7.79. The molecule has 1 fully saturated rings. The lowest BCUT2D eigenvalue weighted by Crippen LogP contribution is -2.43. The van der Waals surface area contributed by atoms with Gasteiger partial charge in [-0.15, -0.1) is 0 Å².